The largest absolute Gasteiger partial charge is 0.482 e. The van der Waals surface area contributed by atoms with E-state index in [0.29, 0.717) is 11.8 Å². The van der Waals surface area contributed by atoms with Crippen molar-refractivity contribution in [2.45, 2.75) is 38.1 Å². The molecule has 5 heteroatoms. The molecule has 0 aromatic heterocycles. The first-order valence-corrected chi connectivity index (χ1v) is 7.31. The summed E-state index contributed by atoms with van der Waals surface area (Å²) in [5, 5.41) is 11.9. The second-order valence-corrected chi connectivity index (χ2v) is 5.42. The third-order valence-corrected chi connectivity index (χ3v) is 3.77. The Bertz CT molecular complexity index is 467. The molecule has 1 aromatic carbocycles. The van der Waals surface area contributed by atoms with Crippen LogP contribution in [0.15, 0.2) is 24.3 Å². The summed E-state index contributed by atoms with van der Waals surface area (Å²) in [7, 11) is 0. The standard InChI is InChI=1S/C15H19NO3S/c17-14(18)10-19-13-8-6-11(7-9-13)15(20)16-12-4-2-1-3-5-12/h6-9,12H,1-5,10H2,(H,16,20)(H,17,18). The maximum absolute atomic E-state index is 10.4. The first-order chi connectivity index (χ1) is 9.65. The lowest BCUT2D eigenvalue weighted by atomic mass is 9.95. The lowest BCUT2D eigenvalue weighted by molar-refractivity contribution is -0.139. The van der Waals surface area contributed by atoms with Crippen LogP contribution in [0.3, 0.4) is 0 Å². The summed E-state index contributed by atoms with van der Waals surface area (Å²) < 4.78 is 5.09. The molecule has 0 amide bonds. The number of carboxylic acid groups (broad SMARTS) is 1. The average molecular weight is 293 g/mol. The van der Waals surface area contributed by atoms with Gasteiger partial charge in [-0.3, -0.25) is 0 Å². The van der Waals surface area contributed by atoms with Crippen LogP contribution < -0.4 is 10.1 Å². The number of benzene rings is 1. The van der Waals surface area contributed by atoms with Crippen LogP contribution in [0.2, 0.25) is 0 Å². The van der Waals surface area contributed by atoms with Crippen LogP contribution in [-0.2, 0) is 4.79 Å². The van der Waals surface area contributed by atoms with Gasteiger partial charge in [0.15, 0.2) is 6.61 Å². The monoisotopic (exact) mass is 293 g/mol. The molecule has 0 aliphatic heterocycles. The van der Waals surface area contributed by atoms with Gasteiger partial charge < -0.3 is 15.2 Å². The summed E-state index contributed by atoms with van der Waals surface area (Å²) in [6, 6.07) is 7.68. The minimum absolute atomic E-state index is 0.329. The second kappa shape index (κ2) is 7.24. The number of rotatable bonds is 5. The molecular weight excluding hydrogens is 274 g/mol. The molecule has 4 nitrogen and oxygen atoms in total. The molecule has 0 spiro atoms. The van der Waals surface area contributed by atoms with Crippen LogP contribution in [0.25, 0.3) is 0 Å². The molecule has 0 unspecified atom stereocenters. The van der Waals surface area contributed by atoms with Gasteiger partial charge in [-0.15, -0.1) is 0 Å². The van der Waals surface area contributed by atoms with E-state index in [2.05, 4.69) is 5.32 Å². The summed E-state index contributed by atoms with van der Waals surface area (Å²) in [5.41, 5.74) is 0.938. The zero-order valence-electron chi connectivity index (χ0n) is 11.3. The molecule has 1 aliphatic rings. The third kappa shape index (κ3) is 4.49. The highest BCUT2D eigenvalue weighted by molar-refractivity contribution is 7.80. The summed E-state index contributed by atoms with van der Waals surface area (Å²) in [6.07, 6.45) is 6.21. The maximum atomic E-state index is 10.4. The van der Waals surface area contributed by atoms with Crippen molar-refractivity contribution >= 4 is 23.2 Å². The number of hydrogen-bond acceptors (Lipinski definition) is 3. The van der Waals surface area contributed by atoms with E-state index in [1.54, 1.807) is 12.1 Å². The fraction of sp³-hybridized carbons (Fsp3) is 0.467. The van der Waals surface area contributed by atoms with Gasteiger partial charge in [-0.25, -0.2) is 4.79 Å². The number of carbonyl (C=O) groups is 1. The number of carboxylic acids is 1. The lowest BCUT2D eigenvalue weighted by Crippen LogP contribution is -2.35. The van der Waals surface area contributed by atoms with Crippen molar-refractivity contribution in [3.8, 4) is 5.75 Å². The fourth-order valence-electron chi connectivity index (χ4n) is 2.36. The van der Waals surface area contributed by atoms with Crippen LogP contribution in [-0.4, -0.2) is 28.7 Å². The molecule has 0 atom stereocenters. The van der Waals surface area contributed by atoms with E-state index in [0.717, 1.165) is 10.6 Å². The van der Waals surface area contributed by atoms with Gasteiger partial charge in [0.05, 0.1) is 0 Å². The Hall–Kier alpha value is -1.62. The van der Waals surface area contributed by atoms with Crippen molar-refractivity contribution < 1.29 is 14.6 Å². The van der Waals surface area contributed by atoms with Crippen molar-refractivity contribution in [3.63, 3.8) is 0 Å². The number of hydrogen-bond donors (Lipinski definition) is 2. The van der Waals surface area contributed by atoms with Gasteiger partial charge >= 0.3 is 5.97 Å². The Morgan fingerprint density at radius 3 is 2.50 bits per heavy atom. The Kier molecular flexibility index (Phi) is 5.35. The number of ether oxygens (including phenoxy) is 1. The summed E-state index contributed by atoms with van der Waals surface area (Å²) >= 11 is 5.40. The van der Waals surface area contributed by atoms with Crippen molar-refractivity contribution in [3.05, 3.63) is 29.8 Å². The molecule has 20 heavy (non-hydrogen) atoms. The van der Waals surface area contributed by atoms with Gasteiger partial charge in [0.2, 0.25) is 0 Å². The zero-order chi connectivity index (χ0) is 14.4. The van der Waals surface area contributed by atoms with E-state index in [4.69, 9.17) is 22.1 Å². The molecule has 0 heterocycles. The van der Waals surface area contributed by atoms with E-state index in [-0.39, 0.29) is 6.61 Å². The van der Waals surface area contributed by atoms with Crippen molar-refractivity contribution in [2.75, 3.05) is 6.61 Å². The number of aliphatic carboxylic acids is 1. The highest BCUT2D eigenvalue weighted by Gasteiger charge is 2.14. The summed E-state index contributed by atoms with van der Waals surface area (Å²) in [4.78, 5) is 11.2. The predicted molar refractivity (Wildman–Crippen MR) is 81.3 cm³/mol. The lowest BCUT2D eigenvalue weighted by Gasteiger charge is -2.24. The van der Waals surface area contributed by atoms with Crippen LogP contribution in [0, 0.1) is 0 Å². The highest BCUT2D eigenvalue weighted by atomic mass is 32.1. The van der Waals surface area contributed by atoms with Gasteiger partial charge in [0.25, 0.3) is 0 Å². The Labute approximate surface area is 124 Å². The molecule has 1 aliphatic carbocycles. The quantitative estimate of drug-likeness (QED) is 0.818. The van der Waals surface area contributed by atoms with Gasteiger partial charge in [-0.05, 0) is 37.1 Å². The summed E-state index contributed by atoms with van der Waals surface area (Å²) in [6.45, 7) is -0.329. The normalized spacial score (nSPS) is 15.6. The Morgan fingerprint density at radius 2 is 1.90 bits per heavy atom. The molecular formula is C15H19NO3S. The molecule has 2 rings (SSSR count). The van der Waals surface area contributed by atoms with E-state index in [9.17, 15) is 4.79 Å². The molecule has 2 N–H and O–H groups in total. The molecule has 0 saturated heterocycles. The van der Waals surface area contributed by atoms with Gasteiger partial charge in [-0.2, -0.15) is 0 Å². The Morgan fingerprint density at radius 1 is 1.25 bits per heavy atom. The summed E-state index contributed by atoms with van der Waals surface area (Å²) in [5.74, 6) is -0.444. The van der Waals surface area contributed by atoms with Crippen molar-refractivity contribution in [1.29, 1.82) is 0 Å². The van der Waals surface area contributed by atoms with Crippen molar-refractivity contribution in [2.24, 2.45) is 0 Å². The number of thiocarbonyl (C=S) groups is 1. The maximum Gasteiger partial charge on any atom is 0.341 e. The Balaban J connectivity index is 1.88. The SMILES string of the molecule is O=C(O)COc1ccc(C(=S)NC2CCCCC2)cc1. The van der Waals surface area contributed by atoms with E-state index in [1.165, 1.54) is 32.1 Å². The van der Waals surface area contributed by atoms with E-state index < -0.39 is 5.97 Å². The molecule has 108 valence electrons. The van der Waals surface area contributed by atoms with E-state index in [1.807, 2.05) is 12.1 Å². The third-order valence-electron chi connectivity index (χ3n) is 3.42. The average Bonchev–Trinajstić information content (AvgIpc) is 2.46. The van der Waals surface area contributed by atoms with Gasteiger partial charge in [0.1, 0.15) is 10.7 Å². The van der Waals surface area contributed by atoms with Crippen LogP contribution in [0.4, 0.5) is 0 Å². The first kappa shape index (κ1) is 14.8. The van der Waals surface area contributed by atoms with Crippen LogP contribution in [0.5, 0.6) is 5.75 Å². The molecule has 0 bridgehead atoms. The second-order valence-electron chi connectivity index (χ2n) is 5.02. The molecule has 1 saturated carbocycles. The van der Waals surface area contributed by atoms with Gasteiger partial charge in [-0.1, -0.05) is 31.5 Å². The minimum atomic E-state index is -0.983. The predicted octanol–water partition coefficient (Wildman–Crippen LogP) is 2.75. The minimum Gasteiger partial charge on any atom is -0.482 e. The highest BCUT2D eigenvalue weighted by Crippen LogP contribution is 2.18. The molecule has 1 aromatic rings. The first-order valence-electron chi connectivity index (χ1n) is 6.90. The smallest absolute Gasteiger partial charge is 0.341 e. The topological polar surface area (TPSA) is 58.6 Å². The molecule has 1 fully saturated rings. The zero-order valence-corrected chi connectivity index (χ0v) is 12.1. The van der Waals surface area contributed by atoms with E-state index >= 15 is 0 Å². The van der Waals surface area contributed by atoms with Gasteiger partial charge in [0, 0.05) is 11.6 Å². The number of nitrogens with one attached hydrogen (secondary N) is 1. The van der Waals surface area contributed by atoms with Crippen LogP contribution >= 0.6 is 12.2 Å². The fourth-order valence-corrected chi connectivity index (χ4v) is 2.67. The van der Waals surface area contributed by atoms with Crippen molar-refractivity contribution in [1.82, 2.24) is 5.32 Å². The molecule has 0 radical (unpaired) electrons. The van der Waals surface area contributed by atoms with Crippen LogP contribution in [0.1, 0.15) is 37.7 Å².